The van der Waals surface area contributed by atoms with E-state index >= 15 is 0 Å². The van der Waals surface area contributed by atoms with Gasteiger partial charge in [0.1, 0.15) is 5.65 Å². The van der Waals surface area contributed by atoms with Crippen molar-refractivity contribution in [2.75, 3.05) is 37.6 Å². The number of aryl methyl sites for hydroxylation is 1. The van der Waals surface area contributed by atoms with E-state index in [-0.39, 0.29) is 5.56 Å². The van der Waals surface area contributed by atoms with E-state index in [4.69, 9.17) is 0 Å². The quantitative estimate of drug-likeness (QED) is 0.521. The van der Waals surface area contributed by atoms with Crippen LogP contribution in [0.2, 0.25) is 0 Å². The molecule has 1 fully saturated rings. The summed E-state index contributed by atoms with van der Waals surface area (Å²) >= 11 is 1.80. The van der Waals surface area contributed by atoms with Crippen LogP contribution in [0, 0.1) is 6.92 Å². The van der Waals surface area contributed by atoms with Gasteiger partial charge in [-0.15, -0.1) is 11.3 Å². The first-order valence-electron chi connectivity index (χ1n) is 10.1. The number of nitrogens with zero attached hydrogens (tertiary/aromatic N) is 4. The Morgan fingerprint density at radius 2 is 1.90 bits per heavy atom. The number of piperazine rings is 1. The maximum atomic E-state index is 12.9. The topological polar surface area (TPSA) is 40.9 Å². The summed E-state index contributed by atoms with van der Waals surface area (Å²) in [6.45, 7) is 6.91. The minimum absolute atomic E-state index is 0.0656. The van der Waals surface area contributed by atoms with Gasteiger partial charge in [0.2, 0.25) is 0 Å². The van der Waals surface area contributed by atoms with Gasteiger partial charge in [-0.1, -0.05) is 12.1 Å². The number of pyridine rings is 1. The molecule has 6 heteroatoms. The lowest BCUT2D eigenvalue weighted by Gasteiger charge is -2.36. The van der Waals surface area contributed by atoms with Crippen LogP contribution in [0.4, 0.5) is 5.69 Å². The largest absolute Gasteiger partial charge is 0.368 e. The molecular weight excluding hydrogens is 380 g/mol. The molecule has 1 aliphatic heterocycles. The van der Waals surface area contributed by atoms with Crippen molar-refractivity contribution in [1.29, 1.82) is 0 Å². The lowest BCUT2D eigenvalue weighted by molar-refractivity contribution is 0.260. The Bertz CT molecular complexity index is 1220. The molecule has 1 aliphatic rings. The molecule has 3 aromatic heterocycles. The van der Waals surface area contributed by atoms with Crippen LogP contribution in [0.15, 0.2) is 58.8 Å². The number of anilines is 1. The highest BCUT2D eigenvalue weighted by Crippen LogP contribution is 2.31. The zero-order valence-electron chi connectivity index (χ0n) is 16.5. The summed E-state index contributed by atoms with van der Waals surface area (Å²) in [4.78, 5) is 22.4. The van der Waals surface area contributed by atoms with Crippen molar-refractivity contribution in [3.63, 3.8) is 0 Å². The molecule has 0 unspecified atom stereocenters. The Balaban J connectivity index is 1.27. The summed E-state index contributed by atoms with van der Waals surface area (Å²) in [7, 11) is 0. The molecule has 0 bridgehead atoms. The van der Waals surface area contributed by atoms with E-state index < -0.39 is 0 Å². The van der Waals surface area contributed by atoms with Crippen LogP contribution in [-0.2, 0) is 6.42 Å². The van der Waals surface area contributed by atoms with Gasteiger partial charge >= 0.3 is 0 Å². The molecular formula is C23H24N4OS. The van der Waals surface area contributed by atoms with Crippen molar-refractivity contribution in [2.45, 2.75) is 13.3 Å². The molecule has 0 N–H and O–H groups in total. The number of rotatable bonds is 4. The van der Waals surface area contributed by atoms with Crippen LogP contribution in [0.5, 0.6) is 0 Å². The third kappa shape index (κ3) is 3.43. The van der Waals surface area contributed by atoms with Gasteiger partial charge in [-0.2, -0.15) is 0 Å². The van der Waals surface area contributed by atoms with Gasteiger partial charge in [0.05, 0.1) is 0 Å². The number of thiophene rings is 1. The van der Waals surface area contributed by atoms with Crippen LogP contribution < -0.4 is 10.5 Å². The molecule has 4 heterocycles. The molecule has 29 heavy (non-hydrogen) atoms. The summed E-state index contributed by atoms with van der Waals surface area (Å²) < 4.78 is 3.01. The molecule has 5 nitrogen and oxygen atoms in total. The van der Waals surface area contributed by atoms with Crippen molar-refractivity contribution in [2.24, 2.45) is 0 Å². The smallest absolute Gasteiger partial charge is 0.261 e. The summed E-state index contributed by atoms with van der Waals surface area (Å²) in [5.41, 5.74) is 3.81. The standard InChI is InChI=1S/C23H24N4OS/c1-17-18(23(28)27-10-3-2-7-22(27)24-17)8-11-25-12-14-26(15-13-25)20-5-4-6-21-19(20)9-16-29-21/h2-7,9-10,16H,8,11-15H2,1H3. The average Bonchev–Trinajstić information content (AvgIpc) is 3.23. The van der Waals surface area contributed by atoms with E-state index in [1.807, 2.05) is 25.1 Å². The van der Waals surface area contributed by atoms with Crippen LogP contribution in [0.1, 0.15) is 11.3 Å². The Morgan fingerprint density at radius 1 is 1.03 bits per heavy atom. The molecule has 148 valence electrons. The third-order valence-electron chi connectivity index (χ3n) is 5.90. The minimum Gasteiger partial charge on any atom is -0.368 e. The average molecular weight is 405 g/mol. The fourth-order valence-corrected chi connectivity index (χ4v) is 5.07. The second-order valence-corrected chi connectivity index (χ2v) is 8.55. The first-order chi connectivity index (χ1) is 14.2. The molecule has 0 atom stereocenters. The molecule has 1 aromatic carbocycles. The Morgan fingerprint density at radius 3 is 2.76 bits per heavy atom. The summed E-state index contributed by atoms with van der Waals surface area (Å²) in [5, 5.41) is 3.53. The first kappa shape index (κ1) is 18.3. The molecule has 4 aromatic rings. The van der Waals surface area contributed by atoms with E-state index in [0.717, 1.165) is 56.0 Å². The molecule has 5 rings (SSSR count). The molecule has 0 saturated carbocycles. The Kier molecular flexibility index (Phi) is 4.81. The van der Waals surface area contributed by atoms with E-state index in [2.05, 4.69) is 44.4 Å². The van der Waals surface area contributed by atoms with Gasteiger partial charge < -0.3 is 4.90 Å². The zero-order chi connectivity index (χ0) is 19.8. The van der Waals surface area contributed by atoms with Crippen molar-refractivity contribution in [3.05, 3.63) is 75.7 Å². The van der Waals surface area contributed by atoms with E-state index in [9.17, 15) is 4.79 Å². The predicted molar refractivity (Wildman–Crippen MR) is 120 cm³/mol. The highest BCUT2D eigenvalue weighted by molar-refractivity contribution is 7.17. The zero-order valence-corrected chi connectivity index (χ0v) is 17.4. The summed E-state index contributed by atoms with van der Waals surface area (Å²) in [5.74, 6) is 0. The fourth-order valence-electron chi connectivity index (χ4n) is 4.26. The molecule has 1 saturated heterocycles. The number of aromatic nitrogens is 2. The van der Waals surface area contributed by atoms with Crippen LogP contribution in [-0.4, -0.2) is 47.0 Å². The predicted octanol–water partition coefficient (Wildman–Crippen LogP) is 3.58. The lowest BCUT2D eigenvalue weighted by Crippen LogP contribution is -2.47. The molecule has 0 amide bonds. The third-order valence-corrected chi connectivity index (χ3v) is 6.78. The van der Waals surface area contributed by atoms with E-state index in [1.54, 1.807) is 21.9 Å². The van der Waals surface area contributed by atoms with Crippen LogP contribution in [0.25, 0.3) is 15.7 Å². The number of fused-ring (bicyclic) bond motifs is 2. The number of hydrogen-bond donors (Lipinski definition) is 0. The maximum absolute atomic E-state index is 12.9. The highest BCUT2D eigenvalue weighted by atomic mass is 32.1. The van der Waals surface area contributed by atoms with Gasteiger partial charge in [-0.25, -0.2) is 4.98 Å². The van der Waals surface area contributed by atoms with Gasteiger partial charge in [0.15, 0.2) is 0 Å². The van der Waals surface area contributed by atoms with Crippen molar-refractivity contribution >= 4 is 32.8 Å². The minimum atomic E-state index is 0.0656. The Hall–Kier alpha value is -2.70. The van der Waals surface area contributed by atoms with Crippen molar-refractivity contribution in [1.82, 2.24) is 14.3 Å². The Labute approximate surface area is 173 Å². The SMILES string of the molecule is Cc1nc2ccccn2c(=O)c1CCN1CCN(c2cccc3sccc23)CC1. The second kappa shape index (κ2) is 7.61. The molecule has 0 aliphatic carbocycles. The number of benzene rings is 1. The summed E-state index contributed by atoms with van der Waals surface area (Å²) in [6.07, 6.45) is 2.55. The van der Waals surface area contributed by atoms with Crippen LogP contribution >= 0.6 is 11.3 Å². The maximum Gasteiger partial charge on any atom is 0.261 e. The first-order valence-corrected chi connectivity index (χ1v) is 11.0. The van der Waals surface area contributed by atoms with Crippen LogP contribution in [0.3, 0.4) is 0 Å². The summed E-state index contributed by atoms with van der Waals surface area (Å²) in [6, 6.07) is 14.5. The highest BCUT2D eigenvalue weighted by Gasteiger charge is 2.19. The molecule has 0 spiro atoms. The fraction of sp³-hybridized carbons (Fsp3) is 0.304. The van der Waals surface area contributed by atoms with Gasteiger partial charge in [0.25, 0.3) is 5.56 Å². The molecule has 0 radical (unpaired) electrons. The van der Waals surface area contributed by atoms with Crippen molar-refractivity contribution in [3.8, 4) is 0 Å². The normalized spacial score (nSPS) is 15.4. The number of hydrogen-bond acceptors (Lipinski definition) is 5. The lowest BCUT2D eigenvalue weighted by atomic mass is 10.1. The van der Waals surface area contributed by atoms with E-state index in [0.29, 0.717) is 0 Å². The van der Waals surface area contributed by atoms with Gasteiger partial charge in [-0.3, -0.25) is 14.1 Å². The van der Waals surface area contributed by atoms with Crippen molar-refractivity contribution < 1.29 is 0 Å². The van der Waals surface area contributed by atoms with Gasteiger partial charge in [0, 0.05) is 66.0 Å². The van der Waals surface area contributed by atoms with Gasteiger partial charge in [-0.05, 0) is 49.1 Å². The monoisotopic (exact) mass is 404 g/mol. The van der Waals surface area contributed by atoms with E-state index in [1.165, 1.54) is 15.8 Å². The second-order valence-electron chi connectivity index (χ2n) is 7.60.